The first-order chi connectivity index (χ1) is 13.9. The summed E-state index contributed by atoms with van der Waals surface area (Å²) in [6, 6.07) is 6.87. The number of amides is 2. The molecule has 150 valence electrons. The molecule has 8 nitrogen and oxygen atoms in total. The van der Waals surface area contributed by atoms with Gasteiger partial charge in [-0.05, 0) is 45.7 Å². The number of nitrogens with one attached hydrogen (secondary N) is 3. The maximum atomic E-state index is 12.2. The minimum absolute atomic E-state index is 0.0226. The molecular weight excluding hydrogens is 368 g/mol. The molecule has 0 unspecified atom stereocenters. The first-order valence-corrected chi connectivity index (χ1v) is 9.61. The van der Waals surface area contributed by atoms with E-state index in [1.54, 1.807) is 31.3 Å². The van der Waals surface area contributed by atoms with Gasteiger partial charge in [0.1, 0.15) is 12.1 Å². The number of hydrogen-bond donors (Lipinski definition) is 3. The van der Waals surface area contributed by atoms with Crippen molar-refractivity contribution < 1.29 is 9.59 Å². The number of benzene rings is 1. The molecule has 3 rings (SSSR count). The summed E-state index contributed by atoms with van der Waals surface area (Å²) in [7, 11) is 0. The number of rotatable bonds is 7. The Morgan fingerprint density at radius 2 is 1.93 bits per heavy atom. The molecule has 8 heteroatoms. The van der Waals surface area contributed by atoms with Gasteiger partial charge in [-0.25, -0.2) is 4.98 Å². The fraction of sp³-hybridized carbons (Fsp3) is 0.381. The summed E-state index contributed by atoms with van der Waals surface area (Å²) in [4.78, 5) is 32.6. The number of hydrogen-bond acceptors (Lipinski definition) is 6. The van der Waals surface area contributed by atoms with E-state index in [0.29, 0.717) is 22.8 Å². The highest BCUT2D eigenvalue weighted by Gasteiger charge is 2.29. The van der Waals surface area contributed by atoms with Gasteiger partial charge in [-0.2, -0.15) is 5.26 Å². The fourth-order valence-electron chi connectivity index (χ4n) is 2.74. The topological polar surface area (TPSA) is 120 Å². The molecule has 0 saturated heterocycles. The second kappa shape index (κ2) is 8.69. The maximum Gasteiger partial charge on any atom is 0.242 e. The molecule has 1 fully saturated rings. The molecule has 1 aliphatic carbocycles. The van der Waals surface area contributed by atoms with Crippen LogP contribution in [0.15, 0.2) is 30.6 Å². The second-order valence-electron chi connectivity index (χ2n) is 7.45. The quantitative estimate of drug-likeness (QED) is 0.666. The van der Waals surface area contributed by atoms with E-state index in [4.69, 9.17) is 0 Å². The third-order valence-electron chi connectivity index (χ3n) is 4.48. The van der Waals surface area contributed by atoms with Crippen molar-refractivity contribution in [2.45, 2.75) is 45.7 Å². The summed E-state index contributed by atoms with van der Waals surface area (Å²) in [5.41, 5.74) is 2.32. The van der Waals surface area contributed by atoms with Crippen molar-refractivity contribution in [2.75, 3.05) is 10.6 Å². The van der Waals surface area contributed by atoms with Gasteiger partial charge in [0.05, 0.1) is 29.3 Å². The molecule has 29 heavy (non-hydrogen) atoms. The molecule has 1 aromatic heterocycles. The lowest BCUT2D eigenvalue weighted by Crippen LogP contribution is -2.41. The Balaban J connectivity index is 1.76. The van der Waals surface area contributed by atoms with Crippen molar-refractivity contribution in [3.05, 3.63) is 36.2 Å². The molecule has 1 atom stereocenters. The number of anilines is 2. The van der Waals surface area contributed by atoms with Crippen LogP contribution in [-0.4, -0.2) is 33.9 Å². The van der Waals surface area contributed by atoms with Crippen LogP contribution in [0.1, 0.15) is 39.2 Å². The highest BCUT2D eigenvalue weighted by atomic mass is 16.2. The summed E-state index contributed by atoms with van der Waals surface area (Å²) >= 11 is 0. The Bertz CT molecular complexity index is 945. The summed E-state index contributed by atoms with van der Waals surface area (Å²) in [6.45, 7) is 5.52. The Morgan fingerprint density at radius 1 is 1.17 bits per heavy atom. The first-order valence-electron chi connectivity index (χ1n) is 9.61. The van der Waals surface area contributed by atoms with Gasteiger partial charge in [-0.1, -0.05) is 6.07 Å². The smallest absolute Gasteiger partial charge is 0.242 e. The zero-order chi connectivity index (χ0) is 21.0. The molecule has 1 heterocycles. The van der Waals surface area contributed by atoms with E-state index in [-0.39, 0.29) is 23.8 Å². The van der Waals surface area contributed by atoms with Crippen LogP contribution in [0.2, 0.25) is 0 Å². The minimum atomic E-state index is -0.508. The number of nitrogens with zero attached hydrogens (tertiary/aromatic N) is 3. The van der Waals surface area contributed by atoms with Crippen LogP contribution in [0.4, 0.5) is 11.5 Å². The van der Waals surface area contributed by atoms with E-state index in [0.717, 1.165) is 18.4 Å². The third-order valence-corrected chi connectivity index (χ3v) is 4.48. The largest absolute Gasteiger partial charge is 0.373 e. The lowest BCUT2D eigenvalue weighted by Gasteiger charge is -2.18. The molecule has 0 spiro atoms. The van der Waals surface area contributed by atoms with Crippen LogP contribution in [0.5, 0.6) is 0 Å². The number of carbonyl (C=O) groups excluding carboxylic acids is 2. The van der Waals surface area contributed by atoms with Crippen LogP contribution >= 0.6 is 0 Å². The molecular formula is C21H24N6O2. The van der Waals surface area contributed by atoms with Crippen molar-refractivity contribution in [1.29, 1.82) is 5.26 Å². The van der Waals surface area contributed by atoms with Crippen LogP contribution in [0.25, 0.3) is 11.3 Å². The Kier molecular flexibility index (Phi) is 6.07. The highest BCUT2D eigenvalue weighted by Crippen LogP contribution is 2.30. The lowest BCUT2D eigenvalue weighted by molar-refractivity contribution is -0.122. The van der Waals surface area contributed by atoms with Gasteiger partial charge >= 0.3 is 0 Å². The molecule has 0 aliphatic heterocycles. The molecule has 0 bridgehead atoms. The minimum Gasteiger partial charge on any atom is -0.373 e. The van der Waals surface area contributed by atoms with Gasteiger partial charge in [0.15, 0.2) is 5.82 Å². The van der Waals surface area contributed by atoms with Gasteiger partial charge in [0.25, 0.3) is 0 Å². The first kappa shape index (κ1) is 20.3. The van der Waals surface area contributed by atoms with Crippen molar-refractivity contribution >= 4 is 23.3 Å². The summed E-state index contributed by atoms with van der Waals surface area (Å²) in [6.07, 6.45) is 4.93. The van der Waals surface area contributed by atoms with E-state index in [1.165, 1.54) is 6.20 Å². The average molecular weight is 392 g/mol. The lowest BCUT2D eigenvalue weighted by atomic mass is 10.1. The molecule has 2 aromatic rings. The summed E-state index contributed by atoms with van der Waals surface area (Å²) < 4.78 is 0. The summed E-state index contributed by atoms with van der Waals surface area (Å²) in [5, 5.41) is 18.1. The van der Waals surface area contributed by atoms with E-state index in [9.17, 15) is 14.9 Å². The Morgan fingerprint density at radius 3 is 2.52 bits per heavy atom. The van der Waals surface area contributed by atoms with E-state index in [2.05, 4.69) is 32.0 Å². The molecule has 2 amide bonds. The molecule has 1 saturated carbocycles. The van der Waals surface area contributed by atoms with Crippen LogP contribution in [0.3, 0.4) is 0 Å². The van der Waals surface area contributed by atoms with Gasteiger partial charge in [-0.3, -0.25) is 14.6 Å². The SMILES string of the molecule is CC(C)NC(=O)[C@H](C)Nc1cc(-c2cnc(NC(=O)C3CC3)cn2)ccc1C#N. The maximum absolute atomic E-state index is 12.2. The van der Waals surface area contributed by atoms with Crippen molar-refractivity contribution in [1.82, 2.24) is 15.3 Å². The van der Waals surface area contributed by atoms with Gasteiger partial charge in [0.2, 0.25) is 11.8 Å². The Hall–Kier alpha value is -3.47. The van der Waals surface area contributed by atoms with Crippen LogP contribution in [0, 0.1) is 17.2 Å². The zero-order valence-corrected chi connectivity index (χ0v) is 16.7. The fourth-order valence-corrected chi connectivity index (χ4v) is 2.74. The normalized spacial score (nSPS) is 14.0. The predicted molar refractivity (Wildman–Crippen MR) is 110 cm³/mol. The monoisotopic (exact) mass is 392 g/mol. The van der Waals surface area contributed by atoms with Crippen molar-refractivity contribution in [3.63, 3.8) is 0 Å². The van der Waals surface area contributed by atoms with E-state index >= 15 is 0 Å². The second-order valence-corrected chi connectivity index (χ2v) is 7.45. The predicted octanol–water partition coefficient (Wildman–Crippen LogP) is 2.69. The highest BCUT2D eigenvalue weighted by molar-refractivity contribution is 5.93. The van der Waals surface area contributed by atoms with Gasteiger partial charge in [-0.15, -0.1) is 0 Å². The van der Waals surface area contributed by atoms with Gasteiger partial charge < -0.3 is 16.0 Å². The Labute approximate surface area is 169 Å². The third kappa shape index (κ3) is 5.29. The van der Waals surface area contributed by atoms with Crippen LogP contribution in [-0.2, 0) is 9.59 Å². The van der Waals surface area contributed by atoms with Crippen molar-refractivity contribution in [3.8, 4) is 17.3 Å². The average Bonchev–Trinajstić information content (AvgIpc) is 3.53. The molecule has 3 N–H and O–H groups in total. The van der Waals surface area contributed by atoms with E-state index in [1.807, 2.05) is 13.8 Å². The zero-order valence-electron chi connectivity index (χ0n) is 16.7. The number of carbonyl (C=O) groups is 2. The molecule has 1 aromatic carbocycles. The summed E-state index contributed by atoms with van der Waals surface area (Å²) in [5.74, 6) is 0.338. The molecule has 1 aliphatic rings. The van der Waals surface area contributed by atoms with E-state index < -0.39 is 6.04 Å². The van der Waals surface area contributed by atoms with Crippen LogP contribution < -0.4 is 16.0 Å². The standard InChI is InChI=1S/C21H24N6O2/c1-12(2)25-20(28)13(3)26-17-8-15(6-7-16(17)9-22)18-10-24-19(11-23-18)27-21(29)14-4-5-14/h6-8,10-14,26H,4-5H2,1-3H3,(H,25,28)(H,24,27,29)/t13-/m0/s1. The number of nitriles is 1. The van der Waals surface area contributed by atoms with Gasteiger partial charge in [0, 0.05) is 17.5 Å². The number of aromatic nitrogens is 2. The van der Waals surface area contributed by atoms with Crippen molar-refractivity contribution in [2.24, 2.45) is 5.92 Å². The molecule has 0 radical (unpaired) electrons.